The van der Waals surface area contributed by atoms with E-state index in [0.717, 1.165) is 12.1 Å². The van der Waals surface area contributed by atoms with Crippen molar-refractivity contribution in [3.63, 3.8) is 0 Å². The minimum Gasteiger partial charge on any atom is -0.409 e. The normalized spacial score (nSPS) is 13.6. The summed E-state index contributed by atoms with van der Waals surface area (Å²) in [5, 5.41) is 16.4. The number of likely N-dealkylation sites (N-methyl/N-ethyl adjacent to an activating group) is 1. The topological polar surface area (TPSA) is 61.8 Å². The Bertz CT molecular complexity index is 540. The lowest BCUT2D eigenvalue weighted by atomic mass is 9.97. The van der Waals surface area contributed by atoms with E-state index in [1.807, 2.05) is 37.4 Å². The Morgan fingerprint density at radius 1 is 1.35 bits per heavy atom. The Hall–Kier alpha value is -1.85. The highest BCUT2D eigenvalue weighted by atomic mass is 32.1. The zero-order valence-corrected chi connectivity index (χ0v) is 12.3. The van der Waals surface area contributed by atoms with Gasteiger partial charge >= 0.3 is 0 Å². The molecular formula is C15H19N3OS. The summed E-state index contributed by atoms with van der Waals surface area (Å²) in [5.41, 5.74) is 8.18. The number of benzene rings is 1. The lowest BCUT2D eigenvalue weighted by Gasteiger charge is -2.23. The van der Waals surface area contributed by atoms with Crippen molar-refractivity contribution >= 4 is 17.2 Å². The molecule has 1 aromatic carbocycles. The number of thiophene rings is 1. The van der Waals surface area contributed by atoms with Crippen molar-refractivity contribution < 1.29 is 5.21 Å². The first-order chi connectivity index (χ1) is 9.70. The first-order valence-corrected chi connectivity index (χ1v) is 7.37. The molecule has 3 N–H and O–H groups in total. The van der Waals surface area contributed by atoms with Gasteiger partial charge in [0.05, 0.1) is 5.92 Å². The van der Waals surface area contributed by atoms with Crippen molar-refractivity contribution in [3.05, 3.63) is 58.3 Å². The van der Waals surface area contributed by atoms with E-state index in [1.54, 1.807) is 11.3 Å². The van der Waals surface area contributed by atoms with Crippen molar-refractivity contribution in [2.45, 2.75) is 12.5 Å². The molecular weight excluding hydrogens is 270 g/mol. The predicted molar refractivity (Wildman–Crippen MR) is 83.2 cm³/mol. The summed E-state index contributed by atoms with van der Waals surface area (Å²) in [4.78, 5) is 2.18. The Morgan fingerprint density at radius 2 is 2.10 bits per heavy atom. The van der Waals surface area contributed by atoms with Crippen LogP contribution in [0, 0.1) is 0 Å². The molecule has 0 bridgehead atoms. The summed E-state index contributed by atoms with van der Waals surface area (Å²) in [6.07, 6.45) is 0. The van der Waals surface area contributed by atoms with Crippen molar-refractivity contribution in [3.8, 4) is 0 Å². The van der Waals surface area contributed by atoms with E-state index in [9.17, 15) is 0 Å². The van der Waals surface area contributed by atoms with Gasteiger partial charge < -0.3 is 15.8 Å². The average molecular weight is 289 g/mol. The third-order valence-corrected chi connectivity index (χ3v) is 3.93. The molecule has 20 heavy (non-hydrogen) atoms. The Balaban J connectivity index is 2.08. The highest BCUT2D eigenvalue weighted by molar-refractivity contribution is 7.07. The molecule has 0 amide bonds. The van der Waals surface area contributed by atoms with E-state index in [-0.39, 0.29) is 11.8 Å². The number of hydrogen-bond donors (Lipinski definition) is 2. The second-order valence-corrected chi connectivity index (χ2v) is 5.60. The SMILES string of the molecule is CN(Cc1ccsc1)CC(C(N)=NO)c1ccccc1. The lowest BCUT2D eigenvalue weighted by Crippen LogP contribution is -2.32. The van der Waals surface area contributed by atoms with Crippen LogP contribution in [0.2, 0.25) is 0 Å². The molecule has 0 aliphatic heterocycles. The zero-order chi connectivity index (χ0) is 14.4. The van der Waals surface area contributed by atoms with Crippen molar-refractivity contribution in [2.24, 2.45) is 10.9 Å². The second kappa shape index (κ2) is 7.07. The van der Waals surface area contributed by atoms with Gasteiger partial charge in [-0.25, -0.2) is 0 Å². The molecule has 0 aliphatic carbocycles. The van der Waals surface area contributed by atoms with Gasteiger partial charge in [-0.3, -0.25) is 0 Å². The summed E-state index contributed by atoms with van der Waals surface area (Å²) in [6, 6.07) is 12.0. The fourth-order valence-electron chi connectivity index (χ4n) is 2.20. The van der Waals surface area contributed by atoms with E-state index in [2.05, 4.69) is 26.9 Å². The molecule has 0 fully saturated rings. The molecule has 5 heteroatoms. The maximum atomic E-state index is 8.98. The molecule has 1 heterocycles. The van der Waals surface area contributed by atoms with Gasteiger partial charge in [0, 0.05) is 13.1 Å². The number of nitrogens with two attached hydrogens (primary N) is 1. The molecule has 1 aromatic heterocycles. The van der Waals surface area contributed by atoms with Crippen molar-refractivity contribution in [2.75, 3.05) is 13.6 Å². The molecule has 0 saturated heterocycles. The van der Waals surface area contributed by atoms with Gasteiger partial charge in [-0.05, 0) is 35.0 Å². The van der Waals surface area contributed by atoms with Crippen molar-refractivity contribution in [1.82, 2.24) is 4.90 Å². The van der Waals surface area contributed by atoms with Crippen LogP contribution in [-0.2, 0) is 6.54 Å². The number of hydrogen-bond acceptors (Lipinski definition) is 4. The summed E-state index contributed by atoms with van der Waals surface area (Å²) >= 11 is 1.69. The van der Waals surface area contributed by atoms with E-state index in [0.29, 0.717) is 6.54 Å². The van der Waals surface area contributed by atoms with Crippen LogP contribution in [0.1, 0.15) is 17.0 Å². The lowest BCUT2D eigenvalue weighted by molar-refractivity contribution is 0.302. The average Bonchev–Trinajstić information content (AvgIpc) is 2.97. The van der Waals surface area contributed by atoms with Crippen LogP contribution in [0.25, 0.3) is 0 Å². The molecule has 0 radical (unpaired) electrons. The first kappa shape index (κ1) is 14.6. The molecule has 2 aromatic rings. The van der Waals surface area contributed by atoms with E-state index < -0.39 is 0 Å². The van der Waals surface area contributed by atoms with Gasteiger partial charge in [0.25, 0.3) is 0 Å². The molecule has 0 spiro atoms. The second-order valence-electron chi connectivity index (χ2n) is 4.82. The molecule has 106 valence electrons. The van der Waals surface area contributed by atoms with Crippen LogP contribution in [-0.4, -0.2) is 29.5 Å². The van der Waals surface area contributed by atoms with E-state index in [4.69, 9.17) is 10.9 Å². The van der Waals surface area contributed by atoms with Gasteiger partial charge in [-0.15, -0.1) is 0 Å². The minimum absolute atomic E-state index is 0.107. The van der Waals surface area contributed by atoms with Crippen molar-refractivity contribution in [1.29, 1.82) is 0 Å². The summed E-state index contributed by atoms with van der Waals surface area (Å²) in [5.74, 6) is 0.137. The third-order valence-electron chi connectivity index (χ3n) is 3.20. The highest BCUT2D eigenvalue weighted by Gasteiger charge is 2.18. The Kier molecular flexibility index (Phi) is 5.15. The third kappa shape index (κ3) is 3.82. The predicted octanol–water partition coefficient (Wildman–Crippen LogP) is 2.71. The van der Waals surface area contributed by atoms with Gasteiger partial charge in [0.2, 0.25) is 0 Å². The number of amidine groups is 1. The van der Waals surface area contributed by atoms with Crippen LogP contribution < -0.4 is 5.73 Å². The first-order valence-electron chi connectivity index (χ1n) is 6.42. The van der Waals surface area contributed by atoms with Crippen LogP contribution in [0.3, 0.4) is 0 Å². The summed E-state index contributed by atoms with van der Waals surface area (Å²) in [6.45, 7) is 1.56. The molecule has 1 atom stereocenters. The number of rotatable bonds is 6. The maximum absolute atomic E-state index is 8.98. The van der Waals surface area contributed by atoms with Gasteiger partial charge in [0.1, 0.15) is 5.84 Å². The molecule has 1 unspecified atom stereocenters. The fourth-order valence-corrected chi connectivity index (χ4v) is 2.86. The highest BCUT2D eigenvalue weighted by Crippen LogP contribution is 2.18. The largest absolute Gasteiger partial charge is 0.409 e. The molecule has 4 nitrogen and oxygen atoms in total. The fraction of sp³-hybridized carbons (Fsp3) is 0.267. The van der Waals surface area contributed by atoms with Crippen LogP contribution >= 0.6 is 11.3 Å². The monoisotopic (exact) mass is 289 g/mol. The number of oxime groups is 1. The van der Waals surface area contributed by atoms with Gasteiger partial charge in [-0.1, -0.05) is 35.5 Å². The zero-order valence-electron chi connectivity index (χ0n) is 11.4. The molecule has 0 saturated carbocycles. The quantitative estimate of drug-likeness (QED) is 0.372. The van der Waals surface area contributed by atoms with Gasteiger partial charge in [0.15, 0.2) is 0 Å². The van der Waals surface area contributed by atoms with Crippen LogP contribution in [0.5, 0.6) is 0 Å². The van der Waals surface area contributed by atoms with Crippen LogP contribution in [0.15, 0.2) is 52.3 Å². The summed E-state index contributed by atoms with van der Waals surface area (Å²) < 4.78 is 0. The van der Waals surface area contributed by atoms with E-state index >= 15 is 0 Å². The maximum Gasteiger partial charge on any atom is 0.147 e. The minimum atomic E-state index is -0.107. The standard InChI is InChI=1S/C15H19N3OS/c1-18(9-12-7-8-20-11-12)10-14(15(16)17-19)13-5-3-2-4-6-13/h2-8,11,14,19H,9-10H2,1H3,(H2,16,17). The molecule has 2 rings (SSSR count). The smallest absolute Gasteiger partial charge is 0.147 e. The van der Waals surface area contributed by atoms with Gasteiger partial charge in [-0.2, -0.15) is 11.3 Å². The number of nitrogens with zero attached hydrogens (tertiary/aromatic N) is 2. The Labute approximate surface area is 123 Å². The van der Waals surface area contributed by atoms with E-state index in [1.165, 1.54) is 5.56 Å². The van der Waals surface area contributed by atoms with Crippen LogP contribution in [0.4, 0.5) is 0 Å². The summed E-state index contributed by atoms with van der Waals surface area (Å²) in [7, 11) is 2.04. The molecule has 0 aliphatic rings. The Morgan fingerprint density at radius 3 is 2.70 bits per heavy atom.